The molecule has 1 aliphatic rings. The number of amides is 1. The summed E-state index contributed by atoms with van der Waals surface area (Å²) >= 11 is 0. The average Bonchev–Trinajstić information content (AvgIpc) is 3.17. The van der Waals surface area contributed by atoms with Gasteiger partial charge in [0.05, 0.1) is 36.1 Å². The second kappa shape index (κ2) is 6.79. The summed E-state index contributed by atoms with van der Waals surface area (Å²) in [5, 5.41) is 15.0. The van der Waals surface area contributed by atoms with E-state index in [1.807, 2.05) is 6.92 Å². The minimum absolute atomic E-state index is 0.0156. The topological polar surface area (TPSA) is 116 Å². The fourth-order valence-corrected chi connectivity index (χ4v) is 4.48. The van der Waals surface area contributed by atoms with E-state index < -0.39 is 9.84 Å². The fraction of sp³-hybridized carbons (Fsp3) is 0.467. The van der Waals surface area contributed by atoms with Crippen LogP contribution in [0.15, 0.2) is 18.3 Å². The number of sulfone groups is 1. The van der Waals surface area contributed by atoms with Gasteiger partial charge >= 0.3 is 0 Å². The average molecular weight is 365 g/mol. The highest BCUT2D eigenvalue weighted by atomic mass is 32.2. The van der Waals surface area contributed by atoms with E-state index in [2.05, 4.69) is 20.6 Å². The van der Waals surface area contributed by atoms with Crippen molar-refractivity contribution in [3.63, 3.8) is 0 Å². The van der Waals surface area contributed by atoms with Gasteiger partial charge in [0.2, 0.25) is 5.88 Å². The summed E-state index contributed by atoms with van der Waals surface area (Å²) < 4.78 is 29.6. The normalized spacial score (nSPS) is 18.9. The molecule has 3 heterocycles. The molecule has 25 heavy (non-hydrogen) atoms. The van der Waals surface area contributed by atoms with Gasteiger partial charge in [0.15, 0.2) is 15.7 Å². The summed E-state index contributed by atoms with van der Waals surface area (Å²) in [6.45, 7) is 1.90. The van der Waals surface area contributed by atoms with Gasteiger partial charge in [-0.3, -0.25) is 4.79 Å². The Hall–Kier alpha value is -2.49. The SMILES string of the molecule is CCc1c(C(=O)N[C@H]2CCS(=O)(=O)C2)cnn1-c1ccc(OC)nn1. The Morgan fingerprint density at radius 2 is 2.20 bits per heavy atom. The molecule has 3 rings (SSSR count). The van der Waals surface area contributed by atoms with Crippen molar-refractivity contribution in [2.75, 3.05) is 18.6 Å². The molecule has 134 valence electrons. The summed E-state index contributed by atoms with van der Waals surface area (Å²) in [5.74, 6) is 0.624. The number of ether oxygens (including phenoxy) is 1. The number of carbonyl (C=O) groups excluding carboxylic acids is 1. The van der Waals surface area contributed by atoms with E-state index in [1.165, 1.54) is 13.3 Å². The molecular formula is C15H19N5O4S. The molecule has 1 amide bonds. The second-order valence-corrected chi connectivity index (χ2v) is 8.01. The molecule has 0 aromatic carbocycles. The van der Waals surface area contributed by atoms with E-state index in [1.54, 1.807) is 16.8 Å². The molecule has 1 atom stereocenters. The molecule has 9 nitrogen and oxygen atoms in total. The monoisotopic (exact) mass is 365 g/mol. The van der Waals surface area contributed by atoms with Gasteiger partial charge in [-0.15, -0.1) is 10.2 Å². The summed E-state index contributed by atoms with van der Waals surface area (Å²) in [7, 11) is -1.55. The molecule has 0 aliphatic carbocycles. The van der Waals surface area contributed by atoms with Crippen molar-refractivity contribution in [2.24, 2.45) is 0 Å². The van der Waals surface area contributed by atoms with Crippen LogP contribution >= 0.6 is 0 Å². The molecule has 0 bridgehead atoms. The van der Waals surface area contributed by atoms with Crippen LogP contribution in [0.4, 0.5) is 0 Å². The number of aromatic nitrogens is 4. The first kappa shape index (κ1) is 17.3. The van der Waals surface area contributed by atoms with Crippen LogP contribution in [-0.4, -0.2) is 59.0 Å². The molecule has 1 aliphatic heterocycles. The molecule has 1 fully saturated rings. The standard InChI is InChI=1S/C15H19N5O4S/c1-3-12-11(15(21)17-10-6-7-25(22,23)9-10)8-16-20(12)13-4-5-14(24-2)19-18-13/h4-5,8,10H,3,6-7,9H2,1-2H3,(H,17,21)/t10-/m0/s1. The van der Waals surface area contributed by atoms with Crippen molar-refractivity contribution in [1.29, 1.82) is 0 Å². The highest BCUT2D eigenvalue weighted by Crippen LogP contribution is 2.17. The molecule has 1 N–H and O–H groups in total. The molecule has 0 unspecified atom stereocenters. The first-order valence-electron chi connectivity index (χ1n) is 7.89. The van der Waals surface area contributed by atoms with Crippen molar-refractivity contribution in [3.05, 3.63) is 29.6 Å². The highest BCUT2D eigenvalue weighted by molar-refractivity contribution is 7.91. The van der Waals surface area contributed by atoms with E-state index in [-0.39, 0.29) is 23.5 Å². The Kier molecular flexibility index (Phi) is 4.71. The van der Waals surface area contributed by atoms with Crippen molar-refractivity contribution in [1.82, 2.24) is 25.3 Å². The Labute approximate surface area is 145 Å². The van der Waals surface area contributed by atoms with Gasteiger partial charge in [-0.25, -0.2) is 13.1 Å². The summed E-state index contributed by atoms with van der Waals surface area (Å²) in [4.78, 5) is 12.5. The zero-order valence-electron chi connectivity index (χ0n) is 14.0. The lowest BCUT2D eigenvalue weighted by Gasteiger charge is -2.11. The number of methoxy groups -OCH3 is 1. The maximum Gasteiger partial charge on any atom is 0.255 e. The van der Waals surface area contributed by atoms with Crippen molar-refractivity contribution < 1.29 is 17.9 Å². The molecule has 0 saturated carbocycles. The molecule has 2 aromatic rings. The van der Waals surface area contributed by atoms with Crippen LogP contribution < -0.4 is 10.1 Å². The Morgan fingerprint density at radius 1 is 1.40 bits per heavy atom. The van der Waals surface area contributed by atoms with Crippen LogP contribution in [0.3, 0.4) is 0 Å². The Balaban J connectivity index is 1.82. The Morgan fingerprint density at radius 3 is 2.76 bits per heavy atom. The van der Waals surface area contributed by atoms with Crippen LogP contribution in [0.2, 0.25) is 0 Å². The van der Waals surface area contributed by atoms with Crippen LogP contribution in [-0.2, 0) is 16.3 Å². The van der Waals surface area contributed by atoms with Crippen LogP contribution in [0.25, 0.3) is 5.82 Å². The first-order chi connectivity index (χ1) is 11.9. The maximum atomic E-state index is 12.5. The summed E-state index contributed by atoms with van der Waals surface area (Å²) in [6.07, 6.45) is 2.45. The quantitative estimate of drug-likeness (QED) is 0.802. The first-order valence-corrected chi connectivity index (χ1v) is 9.72. The lowest BCUT2D eigenvalue weighted by atomic mass is 10.1. The fourth-order valence-electron chi connectivity index (χ4n) is 2.81. The van der Waals surface area contributed by atoms with E-state index >= 15 is 0 Å². The number of rotatable bonds is 5. The number of nitrogens with one attached hydrogen (secondary N) is 1. The molecule has 1 saturated heterocycles. The van der Waals surface area contributed by atoms with Gasteiger partial charge in [0, 0.05) is 12.1 Å². The minimum atomic E-state index is -3.05. The zero-order valence-corrected chi connectivity index (χ0v) is 14.8. The van der Waals surface area contributed by atoms with E-state index in [9.17, 15) is 13.2 Å². The van der Waals surface area contributed by atoms with Gasteiger partial charge in [0.1, 0.15) is 0 Å². The smallest absolute Gasteiger partial charge is 0.255 e. The van der Waals surface area contributed by atoms with Gasteiger partial charge in [-0.05, 0) is 18.9 Å². The molecule has 2 aromatic heterocycles. The predicted octanol–water partition coefficient (Wildman–Crippen LogP) is 0.150. The van der Waals surface area contributed by atoms with Crippen molar-refractivity contribution in [3.8, 4) is 11.7 Å². The highest BCUT2D eigenvalue weighted by Gasteiger charge is 2.30. The van der Waals surface area contributed by atoms with Gasteiger partial charge in [-0.2, -0.15) is 5.10 Å². The van der Waals surface area contributed by atoms with Crippen LogP contribution in [0.5, 0.6) is 5.88 Å². The zero-order chi connectivity index (χ0) is 18.0. The Bertz CT molecular complexity index is 876. The van der Waals surface area contributed by atoms with Gasteiger partial charge in [-0.1, -0.05) is 6.92 Å². The summed E-state index contributed by atoms with van der Waals surface area (Å²) in [5.41, 5.74) is 1.09. The second-order valence-electron chi connectivity index (χ2n) is 5.78. The third-order valence-electron chi connectivity index (χ3n) is 4.07. The number of nitrogens with zero attached hydrogens (tertiary/aromatic N) is 4. The minimum Gasteiger partial charge on any atom is -0.480 e. The van der Waals surface area contributed by atoms with Gasteiger partial charge in [0.25, 0.3) is 5.91 Å². The number of hydrogen-bond donors (Lipinski definition) is 1. The van der Waals surface area contributed by atoms with Gasteiger partial charge < -0.3 is 10.1 Å². The predicted molar refractivity (Wildman–Crippen MR) is 89.6 cm³/mol. The maximum absolute atomic E-state index is 12.5. The lowest BCUT2D eigenvalue weighted by Crippen LogP contribution is -2.35. The third kappa shape index (κ3) is 3.63. The van der Waals surface area contributed by atoms with E-state index in [0.29, 0.717) is 35.8 Å². The van der Waals surface area contributed by atoms with Crippen molar-refractivity contribution in [2.45, 2.75) is 25.8 Å². The molecule has 10 heteroatoms. The number of carbonyl (C=O) groups is 1. The summed E-state index contributed by atoms with van der Waals surface area (Å²) in [6, 6.07) is 3.00. The molecule has 0 spiro atoms. The van der Waals surface area contributed by atoms with Crippen molar-refractivity contribution >= 4 is 15.7 Å². The number of hydrogen-bond acceptors (Lipinski definition) is 7. The van der Waals surface area contributed by atoms with Crippen LogP contribution in [0, 0.1) is 0 Å². The van der Waals surface area contributed by atoms with E-state index in [4.69, 9.17) is 4.74 Å². The lowest BCUT2D eigenvalue weighted by molar-refractivity contribution is 0.0940. The molecular weight excluding hydrogens is 346 g/mol. The largest absolute Gasteiger partial charge is 0.480 e. The third-order valence-corrected chi connectivity index (χ3v) is 5.84. The van der Waals surface area contributed by atoms with E-state index in [0.717, 1.165) is 0 Å². The molecule has 0 radical (unpaired) electrons. The van der Waals surface area contributed by atoms with Crippen LogP contribution in [0.1, 0.15) is 29.4 Å².